The van der Waals surface area contributed by atoms with Crippen LogP contribution in [0.25, 0.3) is 0 Å². The highest BCUT2D eigenvalue weighted by molar-refractivity contribution is 7.10. The zero-order chi connectivity index (χ0) is 14.9. The molecule has 0 bridgehead atoms. The Morgan fingerprint density at radius 2 is 2.05 bits per heavy atom. The number of aromatic hydroxyl groups is 1. The maximum Gasteiger partial charge on any atom is 0.443 e. The van der Waals surface area contributed by atoms with E-state index in [0.29, 0.717) is 11.3 Å². The summed E-state index contributed by atoms with van der Waals surface area (Å²) in [6.45, 7) is 0. The number of amides is 1. The fraction of sp³-hybridized carbons (Fsp3) is 0.0909. The van der Waals surface area contributed by atoms with Gasteiger partial charge < -0.3 is 10.4 Å². The lowest BCUT2D eigenvalue weighted by Gasteiger charge is -2.03. The number of phenols is 1. The third-order valence-corrected chi connectivity index (χ3v) is 3.09. The summed E-state index contributed by atoms with van der Waals surface area (Å²) in [5.74, 6) is -2.75. The van der Waals surface area contributed by atoms with Crippen molar-refractivity contribution in [2.75, 3.05) is 5.32 Å². The molecule has 1 amide bonds. The number of carbonyl (C=O) groups is 1. The molecule has 0 fully saturated rings. The molecule has 1 aromatic heterocycles. The first-order valence-corrected chi connectivity index (χ1v) is 5.98. The number of benzene rings is 1. The van der Waals surface area contributed by atoms with Crippen LogP contribution in [0.4, 0.5) is 23.4 Å². The van der Waals surface area contributed by atoms with Crippen LogP contribution < -0.4 is 5.32 Å². The highest BCUT2D eigenvalue weighted by Gasteiger charge is 2.34. The van der Waals surface area contributed by atoms with Gasteiger partial charge in [-0.25, -0.2) is 9.37 Å². The number of nitrogens with one attached hydrogen (secondary N) is 1. The van der Waals surface area contributed by atoms with Gasteiger partial charge in [0, 0.05) is 10.9 Å². The van der Waals surface area contributed by atoms with Crippen molar-refractivity contribution < 1.29 is 27.5 Å². The lowest BCUT2D eigenvalue weighted by atomic mass is 10.2. The van der Waals surface area contributed by atoms with Crippen LogP contribution in [-0.2, 0) is 6.18 Å². The molecule has 0 spiro atoms. The third-order valence-electron chi connectivity index (χ3n) is 2.20. The van der Waals surface area contributed by atoms with Gasteiger partial charge >= 0.3 is 6.18 Å². The average molecular weight is 306 g/mol. The predicted molar refractivity (Wildman–Crippen MR) is 63.1 cm³/mol. The monoisotopic (exact) mass is 306 g/mol. The zero-order valence-corrected chi connectivity index (χ0v) is 10.3. The number of hydrogen-bond donors (Lipinski definition) is 2. The minimum atomic E-state index is -4.59. The van der Waals surface area contributed by atoms with E-state index in [2.05, 4.69) is 10.3 Å². The summed E-state index contributed by atoms with van der Waals surface area (Å²) in [5.41, 5.74) is -0.151. The second-order valence-electron chi connectivity index (χ2n) is 3.66. The van der Waals surface area contributed by atoms with Crippen molar-refractivity contribution in [2.45, 2.75) is 6.18 Å². The molecule has 2 N–H and O–H groups in total. The Bertz CT molecular complexity index is 654. The summed E-state index contributed by atoms with van der Waals surface area (Å²) in [4.78, 5) is 14.9. The minimum Gasteiger partial charge on any atom is -0.505 e. The Morgan fingerprint density at radius 1 is 1.35 bits per heavy atom. The molecule has 1 aromatic carbocycles. The van der Waals surface area contributed by atoms with Gasteiger partial charge in [-0.3, -0.25) is 4.79 Å². The largest absolute Gasteiger partial charge is 0.505 e. The smallest absolute Gasteiger partial charge is 0.443 e. The number of hydrogen-bond acceptors (Lipinski definition) is 4. The van der Waals surface area contributed by atoms with Crippen molar-refractivity contribution >= 4 is 23.1 Å². The molecule has 4 nitrogen and oxygen atoms in total. The molecule has 106 valence electrons. The van der Waals surface area contributed by atoms with Crippen LogP contribution in [0.3, 0.4) is 0 Å². The van der Waals surface area contributed by atoms with E-state index >= 15 is 0 Å². The van der Waals surface area contributed by atoms with E-state index in [4.69, 9.17) is 5.11 Å². The molecule has 0 saturated carbocycles. The number of nitrogens with zero attached hydrogens (tertiary/aromatic N) is 1. The van der Waals surface area contributed by atoms with Gasteiger partial charge in [-0.1, -0.05) is 0 Å². The van der Waals surface area contributed by atoms with Crippen molar-refractivity contribution in [3.05, 3.63) is 40.0 Å². The van der Waals surface area contributed by atoms with E-state index < -0.39 is 28.7 Å². The number of aromatic nitrogens is 1. The Balaban J connectivity index is 2.15. The van der Waals surface area contributed by atoms with Crippen molar-refractivity contribution in [1.82, 2.24) is 4.98 Å². The molecular formula is C11H6F4N2O2S. The minimum absolute atomic E-state index is 0.151. The molecular weight excluding hydrogens is 300 g/mol. The second-order valence-corrected chi connectivity index (χ2v) is 4.51. The summed E-state index contributed by atoms with van der Waals surface area (Å²) in [5, 5.41) is 11.0. The first kappa shape index (κ1) is 14.3. The van der Waals surface area contributed by atoms with Crippen LogP contribution in [0.2, 0.25) is 0 Å². The van der Waals surface area contributed by atoms with Gasteiger partial charge in [0.25, 0.3) is 5.91 Å². The second kappa shape index (κ2) is 5.08. The van der Waals surface area contributed by atoms with E-state index in [-0.39, 0.29) is 11.4 Å². The third kappa shape index (κ3) is 3.05. The average Bonchev–Trinajstić information content (AvgIpc) is 2.81. The van der Waals surface area contributed by atoms with Crippen LogP contribution in [-0.4, -0.2) is 16.0 Å². The van der Waals surface area contributed by atoms with Crippen molar-refractivity contribution in [2.24, 2.45) is 0 Å². The number of alkyl halides is 3. The van der Waals surface area contributed by atoms with Gasteiger partial charge in [0.2, 0.25) is 0 Å². The zero-order valence-electron chi connectivity index (χ0n) is 9.53. The Hall–Kier alpha value is -2.16. The van der Waals surface area contributed by atoms with Crippen molar-refractivity contribution in [3.8, 4) is 5.75 Å². The molecule has 0 aliphatic heterocycles. The molecule has 1 heterocycles. The molecule has 0 atom stereocenters. The van der Waals surface area contributed by atoms with E-state index in [1.54, 1.807) is 0 Å². The summed E-state index contributed by atoms with van der Waals surface area (Å²) >= 11 is 0.334. The maximum atomic E-state index is 13.0. The summed E-state index contributed by atoms with van der Waals surface area (Å²) in [6, 6.07) is 2.86. The normalized spacial score (nSPS) is 11.4. The van der Waals surface area contributed by atoms with Crippen LogP contribution in [0.1, 0.15) is 15.4 Å². The maximum absolute atomic E-state index is 13.0. The topological polar surface area (TPSA) is 62.2 Å². The number of phenolic OH excluding ortho intramolecular Hbond substituents is 1. The standard InChI is InChI=1S/C11H6F4N2O2S/c12-6-3-5(1-2-7(6)18)9(19)16-8-4-20-10(17-8)11(13,14)15/h1-4,18H,(H,16,19). The molecule has 0 aliphatic carbocycles. The van der Waals surface area contributed by atoms with E-state index in [0.717, 1.165) is 23.6 Å². The van der Waals surface area contributed by atoms with Crippen LogP contribution in [0, 0.1) is 5.82 Å². The van der Waals surface area contributed by atoms with Crippen molar-refractivity contribution in [1.29, 1.82) is 0 Å². The number of rotatable bonds is 2. The summed E-state index contributed by atoms with van der Waals surface area (Å²) in [7, 11) is 0. The number of anilines is 1. The van der Waals surface area contributed by atoms with Gasteiger partial charge in [0.15, 0.2) is 16.6 Å². The molecule has 9 heteroatoms. The van der Waals surface area contributed by atoms with Crippen LogP contribution >= 0.6 is 11.3 Å². The SMILES string of the molecule is O=C(Nc1csc(C(F)(F)F)n1)c1ccc(O)c(F)c1. The van der Waals surface area contributed by atoms with Crippen LogP contribution in [0.15, 0.2) is 23.6 Å². The molecule has 0 saturated heterocycles. The lowest BCUT2D eigenvalue weighted by Crippen LogP contribution is -2.13. The highest BCUT2D eigenvalue weighted by atomic mass is 32.1. The number of thiazole rings is 1. The predicted octanol–water partition coefficient (Wildman–Crippen LogP) is 3.26. The molecule has 20 heavy (non-hydrogen) atoms. The van der Waals surface area contributed by atoms with Gasteiger partial charge in [0.1, 0.15) is 5.82 Å². The lowest BCUT2D eigenvalue weighted by molar-refractivity contribution is -0.137. The number of carbonyl (C=O) groups excluding carboxylic acids is 1. The van der Waals surface area contributed by atoms with Crippen LogP contribution in [0.5, 0.6) is 5.75 Å². The molecule has 0 unspecified atom stereocenters. The van der Waals surface area contributed by atoms with Gasteiger partial charge in [0.05, 0.1) is 0 Å². The highest BCUT2D eigenvalue weighted by Crippen LogP contribution is 2.32. The summed E-state index contributed by atoms with van der Waals surface area (Å²) in [6.07, 6.45) is -4.59. The van der Waals surface area contributed by atoms with Gasteiger partial charge in [-0.05, 0) is 18.2 Å². The van der Waals surface area contributed by atoms with Gasteiger partial charge in [-0.15, -0.1) is 11.3 Å². The first-order valence-electron chi connectivity index (χ1n) is 5.10. The molecule has 0 aliphatic rings. The molecule has 2 aromatic rings. The number of halogens is 4. The van der Waals surface area contributed by atoms with Gasteiger partial charge in [-0.2, -0.15) is 13.2 Å². The van der Waals surface area contributed by atoms with E-state index in [1.807, 2.05) is 0 Å². The Kier molecular flexibility index (Phi) is 3.62. The molecule has 0 radical (unpaired) electrons. The Labute approximate surface area is 113 Å². The van der Waals surface area contributed by atoms with Crippen molar-refractivity contribution in [3.63, 3.8) is 0 Å². The first-order chi connectivity index (χ1) is 9.27. The molecule has 2 rings (SSSR count). The fourth-order valence-corrected chi connectivity index (χ4v) is 1.92. The summed E-state index contributed by atoms with van der Waals surface area (Å²) < 4.78 is 50.0. The fourth-order valence-electron chi connectivity index (χ4n) is 1.30. The van der Waals surface area contributed by atoms with E-state index in [1.165, 1.54) is 0 Å². The Morgan fingerprint density at radius 3 is 2.60 bits per heavy atom. The quantitative estimate of drug-likeness (QED) is 0.837. The van der Waals surface area contributed by atoms with E-state index in [9.17, 15) is 22.4 Å².